The van der Waals surface area contributed by atoms with Crippen LogP contribution in [0, 0.1) is 12.8 Å². The Hall–Kier alpha value is -2.97. The topological polar surface area (TPSA) is 112 Å². The predicted molar refractivity (Wildman–Crippen MR) is 91.2 cm³/mol. The third-order valence-corrected chi connectivity index (χ3v) is 4.34. The Bertz CT molecular complexity index is 844. The second-order valence-electron chi connectivity index (χ2n) is 6.28. The molecule has 1 aliphatic rings. The Kier molecular flexibility index (Phi) is 4.04. The molecule has 3 aromatic heterocycles. The van der Waals surface area contributed by atoms with Crippen molar-refractivity contribution < 1.29 is 4.52 Å². The summed E-state index contributed by atoms with van der Waals surface area (Å²) >= 11 is 0. The van der Waals surface area contributed by atoms with E-state index in [9.17, 15) is 0 Å². The Morgan fingerprint density at radius 2 is 2.16 bits per heavy atom. The van der Waals surface area contributed by atoms with Gasteiger partial charge in [0.1, 0.15) is 5.82 Å². The van der Waals surface area contributed by atoms with Gasteiger partial charge >= 0.3 is 0 Å². The summed E-state index contributed by atoms with van der Waals surface area (Å²) < 4.78 is 6.75. The molecule has 0 bridgehead atoms. The highest BCUT2D eigenvalue weighted by atomic mass is 16.5. The highest BCUT2D eigenvalue weighted by Crippen LogP contribution is 2.25. The van der Waals surface area contributed by atoms with Crippen LogP contribution in [-0.4, -0.2) is 43.0 Å². The van der Waals surface area contributed by atoms with Crippen molar-refractivity contribution in [1.29, 1.82) is 0 Å². The van der Waals surface area contributed by atoms with Gasteiger partial charge in [0.25, 0.3) is 0 Å². The zero-order chi connectivity index (χ0) is 17.2. The van der Waals surface area contributed by atoms with Gasteiger partial charge in [-0.25, -0.2) is 4.68 Å². The lowest BCUT2D eigenvalue weighted by Crippen LogP contribution is -2.37. The maximum atomic E-state index is 5.91. The second kappa shape index (κ2) is 6.50. The third kappa shape index (κ3) is 3.44. The maximum absolute atomic E-state index is 5.91. The Morgan fingerprint density at radius 3 is 2.92 bits per heavy atom. The molecule has 4 rings (SSSR count). The SMILES string of the molecule is Cc1nc(C[C@@H]2CCCN(c3cc(-n4cccn4)nc(N)n3)C2)no1. The molecule has 0 aromatic carbocycles. The monoisotopic (exact) mass is 340 g/mol. The highest BCUT2D eigenvalue weighted by Gasteiger charge is 2.23. The van der Waals surface area contributed by atoms with E-state index in [1.165, 1.54) is 0 Å². The maximum Gasteiger partial charge on any atom is 0.224 e. The van der Waals surface area contributed by atoms with Crippen LogP contribution in [0.15, 0.2) is 29.0 Å². The van der Waals surface area contributed by atoms with Gasteiger partial charge in [-0.05, 0) is 24.8 Å². The fourth-order valence-corrected chi connectivity index (χ4v) is 3.25. The first-order valence-corrected chi connectivity index (χ1v) is 8.36. The number of nitrogens with two attached hydrogens (primary N) is 1. The quantitative estimate of drug-likeness (QED) is 0.758. The van der Waals surface area contributed by atoms with Gasteiger partial charge in [0.15, 0.2) is 11.6 Å². The van der Waals surface area contributed by atoms with E-state index in [0.717, 1.165) is 44.0 Å². The zero-order valence-corrected chi connectivity index (χ0v) is 14.0. The first-order valence-electron chi connectivity index (χ1n) is 8.36. The molecule has 4 heterocycles. The molecular weight excluding hydrogens is 320 g/mol. The first-order chi connectivity index (χ1) is 12.2. The molecule has 25 heavy (non-hydrogen) atoms. The summed E-state index contributed by atoms with van der Waals surface area (Å²) in [5.74, 6) is 3.57. The Labute approximate surface area is 144 Å². The number of aryl methyl sites for hydroxylation is 1. The van der Waals surface area contributed by atoms with Crippen LogP contribution in [0.25, 0.3) is 5.82 Å². The summed E-state index contributed by atoms with van der Waals surface area (Å²) in [6.45, 7) is 3.63. The van der Waals surface area contributed by atoms with E-state index in [2.05, 4.69) is 30.1 Å². The molecule has 0 amide bonds. The van der Waals surface area contributed by atoms with Gasteiger partial charge in [0.05, 0.1) is 0 Å². The third-order valence-electron chi connectivity index (χ3n) is 4.34. The molecule has 9 nitrogen and oxygen atoms in total. The average molecular weight is 340 g/mol. The van der Waals surface area contributed by atoms with Crippen molar-refractivity contribution >= 4 is 11.8 Å². The molecule has 1 aliphatic heterocycles. The summed E-state index contributed by atoms with van der Waals surface area (Å²) in [6, 6.07) is 3.77. The Balaban J connectivity index is 1.53. The summed E-state index contributed by atoms with van der Waals surface area (Å²) in [4.78, 5) is 15.2. The van der Waals surface area contributed by atoms with Crippen LogP contribution < -0.4 is 10.6 Å². The molecule has 0 radical (unpaired) electrons. The molecule has 0 spiro atoms. The lowest BCUT2D eigenvalue weighted by Gasteiger charge is -2.33. The van der Waals surface area contributed by atoms with Gasteiger partial charge in [-0.2, -0.15) is 20.1 Å². The van der Waals surface area contributed by atoms with Crippen LogP contribution >= 0.6 is 0 Å². The van der Waals surface area contributed by atoms with Crippen LogP contribution in [-0.2, 0) is 6.42 Å². The van der Waals surface area contributed by atoms with Crippen molar-refractivity contribution in [1.82, 2.24) is 29.9 Å². The number of piperidine rings is 1. The summed E-state index contributed by atoms with van der Waals surface area (Å²) in [7, 11) is 0. The lowest BCUT2D eigenvalue weighted by atomic mass is 9.94. The number of nitrogens with zero attached hydrogens (tertiary/aromatic N) is 7. The lowest BCUT2D eigenvalue weighted by molar-refractivity contribution is 0.369. The summed E-state index contributed by atoms with van der Waals surface area (Å²) in [6.07, 6.45) is 6.57. The van der Waals surface area contributed by atoms with Crippen molar-refractivity contribution in [3.8, 4) is 5.82 Å². The van der Waals surface area contributed by atoms with Crippen LogP contribution in [0.5, 0.6) is 0 Å². The fraction of sp³-hybridized carbons (Fsp3) is 0.438. The van der Waals surface area contributed by atoms with Gasteiger partial charge in [0.2, 0.25) is 11.8 Å². The van der Waals surface area contributed by atoms with Gasteiger partial charge in [0, 0.05) is 44.9 Å². The minimum Gasteiger partial charge on any atom is -0.368 e. The summed E-state index contributed by atoms with van der Waals surface area (Å²) in [5, 5.41) is 8.22. The van der Waals surface area contributed by atoms with E-state index in [4.69, 9.17) is 10.3 Å². The van der Waals surface area contributed by atoms with E-state index in [1.807, 2.05) is 25.3 Å². The molecular formula is C16H20N8O. The number of anilines is 2. The minimum absolute atomic E-state index is 0.249. The number of nitrogen functional groups attached to an aromatic ring is 1. The molecule has 0 aliphatic carbocycles. The number of aromatic nitrogens is 6. The molecule has 3 aromatic rings. The van der Waals surface area contributed by atoms with E-state index in [0.29, 0.717) is 17.6 Å². The fourth-order valence-electron chi connectivity index (χ4n) is 3.25. The average Bonchev–Trinajstić information content (AvgIpc) is 3.27. The highest BCUT2D eigenvalue weighted by molar-refractivity contribution is 5.48. The van der Waals surface area contributed by atoms with Gasteiger partial charge < -0.3 is 15.2 Å². The number of hydrogen-bond acceptors (Lipinski definition) is 8. The van der Waals surface area contributed by atoms with Gasteiger partial charge in [-0.1, -0.05) is 5.16 Å². The van der Waals surface area contributed by atoms with Crippen molar-refractivity contribution in [2.24, 2.45) is 5.92 Å². The van der Waals surface area contributed by atoms with Crippen LogP contribution in [0.1, 0.15) is 24.6 Å². The standard InChI is InChI=1S/C16H20N8O/c1-11-19-13(22-25-11)8-12-4-2-6-23(10-12)14-9-15(21-16(17)20-14)24-7-3-5-18-24/h3,5,7,9,12H,2,4,6,8,10H2,1H3,(H2,17,20,21)/t12-/m0/s1. The van der Waals surface area contributed by atoms with Crippen molar-refractivity contribution in [2.45, 2.75) is 26.2 Å². The molecule has 9 heteroatoms. The van der Waals surface area contributed by atoms with E-state index in [-0.39, 0.29) is 5.95 Å². The van der Waals surface area contributed by atoms with Crippen molar-refractivity contribution in [2.75, 3.05) is 23.7 Å². The molecule has 2 N–H and O–H groups in total. The van der Waals surface area contributed by atoms with Gasteiger partial charge in [-0.3, -0.25) is 0 Å². The predicted octanol–water partition coefficient (Wildman–Crippen LogP) is 1.40. The van der Waals surface area contributed by atoms with Crippen molar-refractivity contribution in [3.63, 3.8) is 0 Å². The smallest absolute Gasteiger partial charge is 0.224 e. The van der Waals surface area contributed by atoms with E-state index in [1.54, 1.807) is 10.9 Å². The molecule has 130 valence electrons. The molecule has 0 saturated carbocycles. The first kappa shape index (κ1) is 15.6. The number of hydrogen-bond donors (Lipinski definition) is 1. The van der Waals surface area contributed by atoms with E-state index < -0.39 is 0 Å². The van der Waals surface area contributed by atoms with E-state index >= 15 is 0 Å². The Morgan fingerprint density at radius 1 is 1.28 bits per heavy atom. The van der Waals surface area contributed by atoms with Crippen LogP contribution in [0.2, 0.25) is 0 Å². The normalized spacial score (nSPS) is 17.8. The second-order valence-corrected chi connectivity index (χ2v) is 6.28. The number of rotatable bonds is 4. The van der Waals surface area contributed by atoms with Crippen LogP contribution in [0.4, 0.5) is 11.8 Å². The molecule has 1 saturated heterocycles. The largest absolute Gasteiger partial charge is 0.368 e. The molecule has 1 fully saturated rings. The molecule has 0 unspecified atom stereocenters. The van der Waals surface area contributed by atoms with Crippen molar-refractivity contribution in [3.05, 3.63) is 36.2 Å². The van der Waals surface area contributed by atoms with Gasteiger partial charge in [-0.15, -0.1) is 0 Å². The zero-order valence-electron chi connectivity index (χ0n) is 14.0. The summed E-state index contributed by atoms with van der Waals surface area (Å²) in [5.41, 5.74) is 5.91. The molecule has 1 atom stereocenters. The minimum atomic E-state index is 0.249. The van der Waals surface area contributed by atoms with Crippen LogP contribution in [0.3, 0.4) is 0 Å².